The van der Waals surface area contributed by atoms with Gasteiger partial charge in [0.25, 0.3) is 0 Å². The third-order valence-electron chi connectivity index (χ3n) is 3.36. The monoisotopic (exact) mass is 282 g/mol. The van der Waals surface area contributed by atoms with Crippen LogP contribution in [0.3, 0.4) is 0 Å². The van der Waals surface area contributed by atoms with Gasteiger partial charge in [-0.3, -0.25) is 5.41 Å². The van der Waals surface area contributed by atoms with Crippen LogP contribution in [0, 0.1) is 12.3 Å². The lowest BCUT2D eigenvalue weighted by atomic mass is 10.1. The van der Waals surface area contributed by atoms with E-state index in [9.17, 15) is 0 Å². The first-order chi connectivity index (χ1) is 10.1. The zero-order valence-corrected chi connectivity index (χ0v) is 12.6. The van der Waals surface area contributed by atoms with E-state index in [1.54, 1.807) is 0 Å². The molecule has 0 spiro atoms. The van der Waals surface area contributed by atoms with E-state index >= 15 is 0 Å². The van der Waals surface area contributed by atoms with Crippen molar-refractivity contribution in [2.75, 3.05) is 11.4 Å². The predicted octanol–water partition coefficient (Wildman–Crippen LogP) is 3.61. The van der Waals surface area contributed by atoms with Gasteiger partial charge in [-0.2, -0.15) is 0 Å². The third kappa shape index (κ3) is 3.60. The van der Waals surface area contributed by atoms with Crippen LogP contribution in [0.1, 0.15) is 31.0 Å². The number of nitrogens with zero attached hydrogens (tertiary/aromatic N) is 2. The van der Waals surface area contributed by atoms with Gasteiger partial charge in [-0.25, -0.2) is 4.98 Å². The minimum absolute atomic E-state index is 0.0509. The maximum absolute atomic E-state index is 7.79. The van der Waals surface area contributed by atoms with E-state index in [0.29, 0.717) is 5.56 Å². The van der Waals surface area contributed by atoms with Crippen LogP contribution in [-0.4, -0.2) is 17.4 Å². The summed E-state index contributed by atoms with van der Waals surface area (Å²) in [7, 11) is 0. The highest BCUT2D eigenvalue weighted by Crippen LogP contribution is 2.27. The van der Waals surface area contributed by atoms with Gasteiger partial charge < -0.3 is 10.6 Å². The number of para-hydroxylation sites is 1. The van der Waals surface area contributed by atoms with Crippen molar-refractivity contribution in [2.24, 2.45) is 5.73 Å². The molecule has 3 N–H and O–H groups in total. The summed E-state index contributed by atoms with van der Waals surface area (Å²) >= 11 is 0. The summed E-state index contributed by atoms with van der Waals surface area (Å²) < 4.78 is 0. The Morgan fingerprint density at radius 1 is 1.19 bits per heavy atom. The Labute approximate surface area is 126 Å². The molecule has 1 aromatic carbocycles. The molecule has 2 aromatic rings. The smallest absolute Gasteiger partial charge is 0.144 e. The maximum Gasteiger partial charge on any atom is 0.144 e. The molecule has 110 valence electrons. The second-order valence-electron chi connectivity index (χ2n) is 5.08. The predicted molar refractivity (Wildman–Crippen MR) is 88.3 cm³/mol. The van der Waals surface area contributed by atoms with Crippen molar-refractivity contribution in [3.63, 3.8) is 0 Å². The average Bonchev–Trinajstić information content (AvgIpc) is 2.48. The quantitative estimate of drug-likeness (QED) is 0.628. The van der Waals surface area contributed by atoms with Crippen molar-refractivity contribution in [2.45, 2.75) is 26.7 Å². The van der Waals surface area contributed by atoms with Gasteiger partial charge in [-0.1, -0.05) is 31.5 Å². The second kappa shape index (κ2) is 6.88. The minimum Gasteiger partial charge on any atom is -0.384 e. The molecule has 0 fully saturated rings. The Balaban J connectivity index is 2.50. The second-order valence-corrected chi connectivity index (χ2v) is 5.08. The maximum atomic E-state index is 7.79. The molecule has 4 nitrogen and oxygen atoms in total. The number of amidine groups is 1. The first-order valence-corrected chi connectivity index (χ1v) is 7.28. The van der Waals surface area contributed by atoms with Gasteiger partial charge in [0, 0.05) is 17.9 Å². The van der Waals surface area contributed by atoms with E-state index in [1.165, 1.54) is 0 Å². The standard InChI is InChI=1S/C17H22N4/c1-3-4-12-21(14-8-6-5-7-9-14)17-15(16(18)19)11-10-13(2)20-17/h5-11H,3-4,12H2,1-2H3,(H3,18,19). The number of nitrogens with one attached hydrogen (secondary N) is 1. The minimum atomic E-state index is 0.0509. The average molecular weight is 282 g/mol. The van der Waals surface area contributed by atoms with E-state index in [1.807, 2.05) is 37.3 Å². The van der Waals surface area contributed by atoms with Crippen LogP contribution in [0.15, 0.2) is 42.5 Å². The molecule has 0 bridgehead atoms. The summed E-state index contributed by atoms with van der Waals surface area (Å²) in [4.78, 5) is 6.78. The highest BCUT2D eigenvalue weighted by atomic mass is 15.2. The number of aryl methyl sites for hydroxylation is 1. The number of aromatic nitrogens is 1. The molecular weight excluding hydrogens is 260 g/mol. The summed E-state index contributed by atoms with van der Waals surface area (Å²) in [5.74, 6) is 0.817. The first kappa shape index (κ1) is 15.0. The number of anilines is 2. The van der Waals surface area contributed by atoms with Crippen molar-refractivity contribution in [1.29, 1.82) is 5.41 Å². The van der Waals surface area contributed by atoms with Gasteiger partial charge in [0.05, 0.1) is 5.56 Å². The zero-order chi connectivity index (χ0) is 15.2. The highest BCUT2D eigenvalue weighted by Gasteiger charge is 2.16. The molecule has 0 aliphatic heterocycles. The number of rotatable bonds is 6. The molecule has 21 heavy (non-hydrogen) atoms. The molecule has 4 heteroatoms. The number of nitrogen functional groups attached to an aromatic ring is 1. The summed E-state index contributed by atoms with van der Waals surface area (Å²) in [6.45, 7) is 4.98. The first-order valence-electron chi connectivity index (χ1n) is 7.28. The molecule has 1 heterocycles. The Bertz CT molecular complexity index is 607. The Kier molecular flexibility index (Phi) is 4.93. The van der Waals surface area contributed by atoms with E-state index < -0.39 is 0 Å². The molecule has 0 aliphatic rings. The zero-order valence-electron chi connectivity index (χ0n) is 12.6. The van der Waals surface area contributed by atoms with E-state index in [-0.39, 0.29) is 5.84 Å². The molecule has 0 aliphatic carbocycles. The van der Waals surface area contributed by atoms with Crippen LogP contribution in [0.5, 0.6) is 0 Å². The number of hydrogen-bond donors (Lipinski definition) is 2. The van der Waals surface area contributed by atoms with Crippen molar-refractivity contribution in [3.8, 4) is 0 Å². The van der Waals surface area contributed by atoms with Gasteiger partial charge in [0.2, 0.25) is 0 Å². The number of pyridine rings is 1. The summed E-state index contributed by atoms with van der Waals surface area (Å²) in [5.41, 5.74) is 8.41. The van der Waals surface area contributed by atoms with Gasteiger partial charge >= 0.3 is 0 Å². The van der Waals surface area contributed by atoms with Crippen LogP contribution in [0.25, 0.3) is 0 Å². The SMILES string of the molecule is CCCCN(c1ccccc1)c1nc(C)ccc1C(=N)N. The van der Waals surface area contributed by atoms with Crippen LogP contribution < -0.4 is 10.6 Å². The summed E-state index contributed by atoms with van der Waals surface area (Å²) in [6, 6.07) is 13.9. The topological polar surface area (TPSA) is 66.0 Å². The fraction of sp³-hybridized carbons (Fsp3) is 0.294. The van der Waals surface area contributed by atoms with Gasteiger partial charge in [-0.15, -0.1) is 0 Å². The highest BCUT2D eigenvalue weighted by molar-refractivity contribution is 6.00. The Hall–Kier alpha value is -2.36. The molecule has 2 rings (SSSR count). The fourth-order valence-electron chi connectivity index (χ4n) is 2.24. The molecule has 1 aromatic heterocycles. The lowest BCUT2D eigenvalue weighted by Crippen LogP contribution is -2.24. The van der Waals surface area contributed by atoms with Crippen molar-refractivity contribution < 1.29 is 0 Å². The summed E-state index contributed by atoms with van der Waals surface area (Å²) in [5, 5.41) is 7.79. The molecule has 0 unspecified atom stereocenters. The van der Waals surface area contributed by atoms with Crippen molar-refractivity contribution in [3.05, 3.63) is 53.7 Å². The van der Waals surface area contributed by atoms with Crippen molar-refractivity contribution in [1.82, 2.24) is 4.98 Å². The lowest BCUT2D eigenvalue weighted by molar-refractivity contribution is 0.778. The van der Waals surface area contributed by atoms with Gasteiger partial charge in [0.15, 0.2) is 0 Å². The Morgan fingerprint density at radius 2 is 1.90 bits per heavy atom. The van der Waals surface area contributed by atoms with Crippen molar-refractivity contribution >= 4 is 17.3 Å². The number of unbranched alkanes of at least 4 members (excludes halogenated alkanes) is 1. The van der Waals surface area contributed by atoms with Crippen LogP contribution in [0.2, 0.25) is 0 Å². The molecule has 0 saturated heterocycles. The number of benzene rings is 1. The van der Waals surface area contributed by atoms with Crippen LogP contribution in [0.4, 0.5) is 11.5 Å². The van der Waals surface area contributed by atoms with Gasteiger partial charge in [-0.05, 0) is 37.6 Å². The number of nitrogens with two attached hydrogens (primary N) is 1. The largest absolute Gasteiger partial charge is 0.384 e. The summed E-state index contributed by atoms with van der Waals surface area (Å²) in [6.07, 6.45) is 2.16. The van der Waals surface area contributed by atoms with E-state index in [0.717, 1.165) is 36.6 Å². The Morgan fingerprint density at radius 3 is 2.52 bits per heavy atom. The van der Waals surface area contributed by atoms with Crippen LogP contribution >= 0.6 is 0 Å². The van der Waals surface area contributed by atoms with Crippen LogP contribution in [-0.2, 0) is 0 Å². The molecular formula is C17H22N4. The normalized spacial score (nSPS) is 10.4. The third-order valence-corrected chi connectivity index (χ3v) is 3.36. The van der Waals surface area contributed by atoms with E-state index in [2.05, 4.69) is 28.9 Å². The molecule has 0 atom stereocenters. The molecule has 0 amide bonds. The van der Waals surface area contributed by atoms with E-state index in [4.69, 9.17) is 11.1 Å². The fourth-order valence-corrected chi connectivity index (χ4v) is 2.24. The molecule has 0 radical (unpaired) electrons. The van der Waals surface area contributed by atoms with Gasteiger partial charge in [0.1, 0.15) is 11.7 Å². The lowest BCUT2D eigenvalue weighted by Gasteiger charge is -2.26. The molecule has 0 saturated carbocycles. The number of hydrogen-bond acceptors (Lipinski definition) is 3.